The molecule has 0 aliphatic rings. The van der Waals surface area contributed by atoms with Crippen molar-refractivity contribution in [2.45, 2.75) is 13.8 Å². The predicted molar refractivity (Wildman–Crippen MR) is 46.9 cm³/mol. The fourth-order valence-electron chi connectivity index (χ4n) is 0.569. The van der Waals surface area contributed by atoms with Gasteiger partial charge in [-0.05, 0) is 5.92 Å². The van der Waals surface area contributed by atoms with Crippen molar-refractivity contribution in [1.82, 2.24) is 0 Å². The van der Waals surface area contributed by atoms with Gasteiger partial charge in [0.1, 0.15) is 0 Å². The lowest BCUT2D eigenvalue weighted by Gasteiger charge is -2.00. The molecule has 0 rings (SSSR count). The van der Waals surface area contributed by atoms with Gasteiger partial charge < -0.3 is 0 Å². The molecule has 0 radical (unpaired) electrons. The molecule has 0 atom stereocenters. The largest absolute Gasteiger partial charge is 0.295 e. The van der Waals surface area contributed by atoms with Crippen molar-refractivity contribution in [2.24, 2.45) is 15.9 Å². The third kappa shape index (κ3) is 3.17. The SMILES string of the molecule is C=CN=C(C=NC)C(C)C. The third-order valence-electron chi connectivity index (χ3n) is 1.09. The standard InChI is InChI=1S/C8H14N2/c1-5-10-8(6-9-4)7(2)3/h5-7H,1H2,2-4H3. The average molecular weight is 138 g/mol. The summed E-state index contributed by atoms with van der Waals surface area (Å²) >= 11 is 0. The Morgan fingerprint density at radius 3 is 2.40 bits per heavy atom. The molecule has 10 heavy (non-hydrogen) atoms. The fraction of sp³-hybridized carbons (Fsp3) is 0.500. The summed E-state index contributed by atoms with van der Waals surface area (Å²) in [6, 6.07) is 0. The van der Waals surface area contributed by atoms with Gasteiger partial charge in [0.25, 0.3) is 0 Å². The second-order valence-electron chi connectivity index (χ2n) is 2.28. The number of hydrogen-bond donors (Lipinski definition) is 0. The molecule has 0 spiro atoms. The van der Waals surface area contributed by atoms with Crippen molar-refractivity contribution in [3.05, 3.63) is 12.8 Å². The first-order valence-corrected chi connectivity index (χ1v) is 3.33. The van der Waals surface area contributed by atoms with E-state index >= 15 is 0 Å². The maximum atomic E-state index is 4.04. The van der Waals surface area contributed by atoms with Crippen LogP contribution in [0.15, 0.2) is 22.8 Å². The van der Waals surface area contributed by atoms with Crippen LogP contribution in [0.3, 0.4) is 0 Å². The molecule has 0 fully saturated rings. The molecular weight excluding hydrogens is 124 g/mol. The summed E-state index contributed by atoms with van der Waals surface area (Å²) in [5, 5.41) is 0. The van der Waals surface area contributed by atoms with E-state index in [4.69, 9.17) is 0 Å². The van der Waals surface area contributed by atoms with Gasteiger partial charge in [-0.25, -0.2) is 0 Å². The van der Waals surface area contributed by atoms with E-state index < -0.39 is 0 Å². The van der Waals surface area contributed by atoms with E-state index in [1.165, 1.54) is 6.20 Å². The molecule has 2 heteroatoms. The Balaban J connectivity index is 4.25. The highest BCUT2D eigenvalue weighted by Crippen LogP contribution is 1.94. The summed E-state index contributed by atoms with van der Waals surface area (Å²) in [7, 11) is 1.74. The Hall–Kier alpha value is -0.920. The van der Waals surface area contributed by atoms with Crippen LogP contribution in [0.1, 0.15) is 13.8 Å². The van der Waals surface area contributed by atoms with Gasteiger partial charge in [-0.3, -0.25) is 9.98 Å². The minimum absolute atomic E-state index is 0.418. The summed E-state index contributed by atoms with van der Waals surface area (Å²) in [6.45, 7) is 7.66. The molecule has 0 saturated heterocycles. The molecule has 0 aromatic heterocycles. The first-order chi connectivity index (χ1) is 4.72. The zero-order valence-electron chi connectivity index (χ0n) is 6.83. The van der Waals surface area contributed by atoms with E-state index in [9.17, 15) is 0 Å². The first-order valence-electron chi connectivity index (χ1n) is 3.33. The smallest absolute Gasteiger partial charge is 0.0606 e. The molecular formula is C8H14N2. The molecule has 0 aliphatic carbocycles. The van der Waals surface area contributed by atoms with Crippen LogP contribution in [0.4, 0.5) is 0 Å². The Bertz CT molecular complexity index is 155. The van der Waals surface area contributed by atoms with Crippen molar-refractivity contribution in [1.29, 1.82) is 0 Å². The maximum Gasteiger partial charge on any atom is 0.0606 e. The van der Waals surface area contributed by atoms with Crippen molar-refractivity contribution in [3.8, 4) is 0 Å². The molecule has 0 aliphatic heterocycles. The lowest BCUT2D eigenvalue weighted by molar-refractivity contribution is 0.895. The van der Waals surface area contributed by atoms with Crippen molar-refractivity contribution < 1.29 is 0 Å². The minimum Gasteiger partial charge on any atom is -0.295 e. The Morgan fingerprint density at radius 2 is 2.10 bits per heavy atom. The molecule has 2 nitrogen and oxygen atoms in total. The van der Waals surface area contributed by atoms with Gasteiger partial charge in [0, 0.05) is 19.5 Å². The summed E-state index contributed by atoms with van der Waals surface area (Å²) in [5.74, 6) is 0.418. The average Bonchev–Trinajstić information content (AvgIpc) is 1.87. The van der Waals surface area contributed by atoms with E-state index in [2.05, 4.69) is 30.4 Å². The lowest BCUT2D eigenvalue weighted by Crippen LogP contribution is -2.08. The van der Waals surface area contributed by atoms with Gasteiger partial charge in [-0.1, -0.05) is 20.4 Å². The Morgan fingerprint density at radius 1 is 1.50 bits per heavy atom. The predicted octanol–water partition coefficient (Wildman–Crippen LogP) is 1.93. The van der Waals surface area contributed by atoms with E-state index in [-0.39, 0.29) is 0 Å². The van der Waals surface area contributed by atoms with E-state index in [0.717, 1.165) is 5.71 Å². The quantitative estimate of drug-likeness (QED) is 0.532. The Kier molecular flexibility index (Phi) is 4.46. The van der Waals surface area contributed by atoms with Gasteiger partial charge in [-0.2, -0.15) is 0 Å². The second kappa shape index (κ2) is 4.91. The molecule has 0 unspecified atom stereocenters. The van der Waals surface area contributed by atoms with Crippen LogP contribution >= 0.6 is 0 Å². The highest BCUT2D eigenvalue weighted by Gasteiger charge is 1.98. The number of hydrogen-bond acceptors (Lipinski definition) is 2. The maximum absolute atomic E-state index is 4.04. The van der Waals surface area contributed by atoms with Crippen molar-refractivity contribution in [2.75, 3.05) is 7.05 Å². The number of rotatable bonds is 3. The van der Waals surface area contributed by atoms with Gasteiger partial charge in [0.15, 0.2) is 0 Å². The van der Waals surface area contributed by atoms with Gasteiger partial charge in [-0.15, -0.1) is 0 Å². The highest BCUT2D eigenvalue weighted by atomic mass is 14.7. The summed E-state index contributed by atoms with van der Waals surface area (Å²) < 4.78 is 0. The molecule has 0 aromatic carbocycles. The van der Waals surface area contributed by atoms with Crippen LogP contribution < -0.4 is 0 Å². The first kappa shape index (κ1) is 9.08. The zero-order chi connectivity index (χ0) is 7.98. The van der Waals surface area contributed by atoms with Crippen molar-refractivity contribution >= 4 is 11.9 Å². The molecule has 0 bridgehead atoms. The molecule has 56 valence electrons. The topological polar surface area (TPSA) is 24.7 Å². The summed E-state index contributed by atoms with van der Waals surface area (Å²) in [4.78, 5) is 7.92. The number of aliphatic imine (C=N–C) groups is 2. The second-order valence-corrected chi connectivity index (χ2v) is 2.28. The molecule has 0 amide bonds. The zero-order valence-corrected chi connectivity index (χ0v) is 6.83. The Labute approximate surface area is 62.4 Å². The third-order valence-corrected chi connectivity index (χ3v) is 1.09. The monoisotopic (exact) mass is 138 g/mol. The van der Waals surface area contributed by atoms with Crippen LogP contribution in [0.5, 0.6) is 0 Å². The van der Waals surface area contributed by atoms with Gasteiger partial charge in [0.05, 0.1) is 5.71 Å². The van der Waals surface area contributed by atoms with Crippen LogP contribution in [-0.4, -0.2) is 19.0 Å². The van der Waals surface area contributed by atoms with Crippen LogP contribution in [-0.2, 0) is 0 Å². The van der Waals surface area contributed by atoms with Crippen molar-refractivity contribution in [3.63, 3.8) is 0 Å². The highest BCUT2D eigenvalue weighted by molar-refractivity contribution is 6.31. The fourth-order valence-corrected chi connectivity index (χ4v) is 0.569. The lowest BCUT2D eigenvalue weighted by atomic mass is 10.1. The van der Waals surface area contributed by atoms with Crippen LogP contribution in [0.25, 0.3) is 0 Å². The van der Waals surface area contributed by atoms with Crippen LogP contribution in [0, 0.1) is 5.92 Å². The molecule has 0 saturated carbocycles. The van der Waals surface area contributed by atoms with Gasteiger partial charge in [0.2, 0.25) is 0 Å². The molecule has 0 heterocycles. The number of nitrogens with zero attached hydrogens (tertiary/aromatic N) is 2. The van der Waals surface area contributed by atoms with E-state index in [1.807, 2.05) is 0 Å². The summed E-state index contributed by atoms with van der Waals surface area (Å²) in [6.07, 6.45) is 3.30. The van der Waals surface area contributed by atoms with E-state index in [1.54, 1.807) is 13.3 Å². The molecule has 0 aromatic rings. The summed E-state index contributed by atoms with van der Waals surface area (Å²) in [5.41, 5.74) is 0.970. The van der Waals surface area contributed by atoms with Gasteiger partial charge >= 0.3 is 0 Å². The van der Waals surface area contributed by atoms with Crippen LogP contribution in [0.2, 0.25) is 0 Å². The van der Waals surface area contributed by atoms with E-state index in [0.29, 0.717) is 5.92 Å². The normalized spacial score (nSPS) is 13.0. The molecule has 0 N–H and O–H groups in total. The minimum atomic E-state index is 0.418.